The predicted octanol–water partition coefficient (Wildman–Crippen LogP) is 4.18. The van der Waals surface area contributed by atoms with Crippen LogP contribution in [-0.2, 0) is 4.74 Å². The molecule has 0 bridgehead atoms. The van der Waals surface area contributed by atoms with E-state index in [1.165, 1.54) is 6.07 Å². The normalized spacial score (nSPS) is 20.2. The van der Waals surface area contributed by atoms with Crippen LogP contribution in [0.1, 0.15) is 18.1 Å². The summed E-state index contributed by atoms with van der Waals surface area (Å²) in [7, 11) is 0. The molecular formula is C21H22ClFN2O2. The fraction of sp³-hybridized carbons (Fsp3) is 0.333. The molecule has 0 spiro atoms. The lowest BCUT2D eigenvalue weighted by atomic mass is 10.0. The highest BCUT2D eigenvalue weighted by atomic mass is 35.5. The van der Waals surface area contributed by atoms with E-state index in [1.54, 1.807) is 12.1 Å². The van der Waals surface area contributed by atoms with Gasteiger partial charge in [0, 0.05) is 43.0 Å². The zero-order valence-corrected chi connectivity index (χ0v) is 15.9. The van der Waals surface area contributed by atoms with Gasteiger partial charge in [-0.3, -0.25) is 0 Å². The third-order valence-electron chi connectivity index (χ3n) is 4.91. The van der Waals surface area contributed by atoms with Gasteiger partial charge in [0.25, 0.3) is 0 Å². The number of nitrogens with one attached hydrogen (secondary N) is 1. The molecular weight excluding hydrogens is 367 g/mol. The molecule has 1 fully saturated rings. The predicted molar refractivity (Wildman–Crippen MR) is 107 cm³/mol. The van der Waals surface area contributed by atoms with Gasteiger partial charge in [-0.15, -0.1) is 0 Å². The number of hydrogen-bond donors (Lipinski definition) is 1. The second kappa shape index (κ2) is 7.89. The van der Waals surface area contributed by atoms with Gasteiger partial charge < -0.3 is 19.7 Å². The highest BCUT2D eigenvalue weighted by molar-refractivity contribution is 6.30. The van der Waals surface area contributed by atoms with Crippen LogP contribution >= 0.6 is 11.6 Å². The van der Waals surface area contributed by atoms with Crippen LogP contribution in [0.4, 0.5) is 10.1 Å². The van der Waals surface area contributed by atoms with Crippen LogP contribution in [0.2, 0.25) is 5.02 Å². The topological polar surface area (TPSA) is 33.7 Å². The van der Waals surface area contributed by atoms with Crippen LogP contribution < -0.4 is 15.0 Å². The van der Waals surface area contributed by atoms with Crippen molar-refractivity contribution in [2.24, 2.45) is 0 Å². The second-order valence-electron chi connectivity index (χ2n) is 6.93. The second-order valence-corrected chi connectivity index (χ2v) is 7.34. The number of hydrogen-bond acceptors (Lipinski definition) is 4. The van der Waals surface area contributed by atoms with Crippen LogP contribution in [0.5, 0.6) is 5.75 Å². The Labute approximate surface area is 163 Å². The van der Waals surface area contributed by atoms with Crippen molar-refractivity contribution in [2.75, 3.05) is 37.9 Å². The molecule has 6 heteroatoms. The number of rotatable bonds is 2. The number of ether oxygens (including phenoxy) is 2. The zero-order chi connectivity index (χ0) is 18.8. The first-order chi connectivity index (χ1) is 13.1. The summed E-state index contributed by atoms with van der Waals surface area (Å²) in [6.07, 6.45) is 2.02. The van der Waals surface area contributed by atoms with Gasteiger partial charge in [0.1, 0.15) is 11.6 Å². The molecule has 2 aliphatic rings. The van der Waals surface area contributed by atoms with Gasteiger partial charge in [0.2, 0.25) is 0 Å². The maximum absolute atomic E-state index is 13.5. The molecule has 1 saturated heterocycles. The Hall–Kier alpha value is -2.08. The number of halogens is 2. The molecule has 0 unspecified atom stereocenters. The lowest BCUT2D eigenvalue weighted by molar-refractivity contribution is 0.0325. The summed E-state index contributed by atoms with van der Waals surface area (Å²) in [5.41, 5.74) is 3.89. The van der Waals surface area contributed by atoms with E-state index in [1.807, 2.05) is 6.08 Å². The van der Waals surface area contributed by atoms with Crippen LogP contribution in [0, 0.1) is 5.82 Å². The minimum absolute atomic E-state index is 0.107. The summed E-state index contributed by atoms with van der Waals surface area (Å²) in [5.74, 6) is 0.357. The van der Waals surface area contributed by atoms with E-state index in [0.717, 1.165) is 47.8 Å². The number of benzene rings is 2. The minimum atomic E-state index is -0.425. The van der Waals surface area contributed by atoms with Crippen LogP contribution in [0.25, 0.3) is 11.6 Å². The van der Waals surface area contributed by atoms with Crippen molar-refractivity contribution in [2.45, 2.75) is 13.0 Å². The lowest BCUT2D eigenvalue weighted by Gasteiger charge is -2.34. The fourth-order valence-electron chi connectivity index (χ4n) is 3.48. The summed E-state index contributed by atoms with van der Waals surface area (Å²) in [4.78, 5) is 2.36. The highest BCUT2D eigenvalue weighted by Crippen LogP contribution is 2.32. The van der Waals surface area contributed by atoms with Gasteiger partial charge in [-0.2, -0.15) is 0 Å². The maximum atomic E-state index is 13.5. The van der Waals surface area contributed by atoms with E-state index in [9.17, 15) is 4.39 Å². The molecule has 142 valence electrons. The Morgan fingerprint density at radius 3 is 2.93 bits per heavy atom. The van der Waals surface area contributed by atoms with Crippen LogP contribution in [-0.4, -0.2) is 39.1 Å². The van der Waals surface area contributed by atoms with Crippen molar-refractivity contribution in [3.05, 3.63) is 58.4 Å². The molecule has 0 aliphatic carbocycles. The molecule has 27 heavy (non-hydrogen) atoms. The van der Waals surface area contributed by atoms with Crippen LogP contribution in [0.3, 0.4) is 0 Å². The van der Waals surface area contributed by atoms with E-state index in [4.69, 9.17) is 21.1 Å². The van der Waals surface area contributed by atoms with Gasteiger partial charge in [-0.05, 0) is 48.4 Å². The largest absolute Gasteiger partial charge is 0.467 e. The minimum Gasteiger partial charge on any atom is -0.467 e. The smallest absolute Gasteiger partial charge is 0.189 e. The maximum Gasteiger partial charge on any atom is 0.189 e. The SMILES string of the molecule is C[C@H]1CN(c2ccc3c(c2)OCOCC(c2ccc(F)c(Cl)c2)=C3)CCN1. The first-order valence-corrected chi connectivity index (χ1v) is 9.47. The molecule has 2 aromatic rings. The lowest BCUT2D eigenvalue weighted by Crippen LogP contribution is -2.49. The highest BCUT2D eigenvalue weighted by Gasteiger charge is 2.18. The molecule has 0 amide bonds. The number of piperazine rings is 1. The van der Waals surface area contributed by atoms with Crippen LogP contribution in [0.15, 0.2) is 36.4 Å². The van der Waals surface area contributed by atoms with Gasteiger partial charge >= 0.3 is 0 Å². The van der Waals surface area contributed by atoms with Gasteiger partial charge in [0.05, 0.1) is 11.6 Å². The Balaban J connectivity index is 1.67. The Bertz CT molecular complexity index is 871. The monoisotopic (exact) mass is 388 g/mol. The molecule has 4 nitrogen and oxygen atoms in total. The van der Waals surface area contributed by atoms with Crippen molar-refractivity contribution in [1.82, 2.24) is 5.32 Å². The van der Waals surface area contributed by atoms with Gasteiger partial charge in [0.15, 0.2) is 6.79 Å². The first kappa shape index (κ1) is 18.3. The quantitative estimate of drug-likeness (QED) is 0.836. The molecule has 0 radical (unpaired) electrons. The van der Waals surface area contributed by atoms with Crippen molar-refractivity contribution in [3.8, 4) is 5.75 Å². The third kappa shape index (κ3) is 4.10. The van der Waals surface area contributed by atoms with E-state index >= 15 is 0 Å². The molecule has 1 N–H and O–H groups in total. The summed E-state index contributed by atoms with van der Waals surface area (Å²) in [6.45, 7) is 5.63. The Morgan fingerprint density at radius 1 is 1.22 bits per heavy atom. The number of nitrogens with zero attached hydrogens (tertiary/aromatic N) is 1. The van der Waals surface area contributed by atoms with Gasteiger partial charge in [-0.1, -0.05) is 17.7 Å². The molecule has 0 aromatic heterocycles. The Kier molecular flexibility index (Phi) is 5.34. The summed E-state index contributed by atoms with van der Waals surface area (Å²) >= 11 is 5.95. The van der Waals surface area contributed by atoms with E-state index < -0.39 is 5.82 Å². The molecule has 2 heterocycles. The molecule has 2 aromatic carbocycles. The molecule has 4 rings (SSSR count). The third-order valence-corrected chi connectivity index (χ3v) is 5.20. The number of fused-ring (bicyclic) bond motifs is 1. The van der Waals surface area contributed by atoms with Crippen molar-refractivity contribution >= 4 is 28.9 Å². The van der Waals surface area contributed by atoms with Gasteiger partial charge in [-0.25, -0.2) is 4.39 Å². The standard InChI is InChI=1S/C21H22ClFN2O2/c1-14-11-25(7-6-24-14)18-4-2-16-8-17(12-26-13-27-21(16)10-18)15-3-5-20(23)19(22)9-15/h2-5,8-10,14,24H,6-7,11-13H2,1H3/t14-/m0/s1. The zero-order valence-electron chi connectivity index (χ0n) is 15.2. The summed E-state index contributed by atoms with van der Waals surface area (Å²) < 4.78 is 24.9. The average Bonchev–Trinajstić information content (AvgIpc) is 2.64. The summed E-state index contributed by atoms with van der Waals surface area (Å²) in [6, 6.07) is 11.4. The molecule has 2 aliphatic heterocycles. The number of anilines is 1. The Morgan fingerprint density at radius 2 is 2.11 bits per heavy atom. The summed E-state index contributed by atoms with van der Waals surface area (Å²) in [5, 5.41) is 3.56. The van der Waals surface area contributed by atoms with E-state index in [0.29, 0.717) is 12.6 Å². The van der Waals surface area contributed by atoms with Crippen molar-refractivity contribution in [3.63, 3.8) is 0 Å². The molecule has 1 atom stereocenters. The molecule has 0 saturated carbocycles. The van der Waals surface area contributed by atoms with E-state index in [2.05, 4.69) is 35.3 Å². The van der Waals surface area contributed by atoms with E-state index in [-0.39, 0.29) is 11.8 Å². The van der Waals surface area contributed by atoms with Crippen molar-refractivity contribution < 1.29 is 13.9 Å². The van der Waals surface area contributed by atoms with Crippen molar-refractivity contribution in [1.29, 1.82) is 0 Å². The fourth-order valence-corrected chi connectivity index (χ4v) is 3.66. The first-order valence-electron chi connectivity index (χ1n) is 9.09. The average molecular weight is 389 g/mol.